The number of piperazine rings is 1. The van der Waals surface area contributed by atoms with Gasteiger partial charge in [-0.25, -0.2) is 0 Å². The molecule has 1 aromatic carbocycles. The monoisotopic (exact) mass is 267 g/mol. The zero-order valence-corrected chi connectivity index (χ0v) is 11.3. The van der Waals surface area contributed by atoms with Gasteiger partial charge in [0.25, 0.3) is 0 Å². The van der Waals surface area contributed by atoms with Crippen LogP contribution in [0.3, 0.4) is 0 Å². The predicted octanol–water partition coefficient (Wildman–Crippen LogP) is 1.58. The molecule has 2 aliphatic heterocycles. The topological polar surface area (TPSA) is 27.7 Å². The number of hydrogen-bond donors (Lipinski definition) is 1. The highest BCUT2D eigenvalue weighted by Crippen LogP contribution is 2.42. The van der Waals surface area contributed by atoms with E-state index in [2.05, 4.69) is 22.2 Å². The summed E-state index contributed by atoms with van der Waals surface area (Å²) in [6, 6.07) is 4.01. The molecule has 1 aromatic rings. The van der Waals surface area contributed by atoms with E-state index >= 15 is 0 Å². The van der Waals surface area contributed by atoms with Crippen molar-refractivity contribution in [1.82, 2.24) is 5.32 Å². The van der Waals surface area contributed by atoms with Gasteiger partial charge in [-0.3, -0.25) is 0 Å². The molecule has 98 valence electrons. The van der Waals surface area contributed by atoms with E-state index in [9.17, 15) is 0 Å². The number of fused-ring (bicyclic) bond motifs is 1. The van der Waals surface area contributed by atoms with E-state index in [1.54, 1.807) is 0 Å². The first kappa shape index (κ1) is 11.9. The summed E-state index contributed by atoms with van der Waals surface area (Å²) in [4.78, 5) is 4.55. The fourth-order valence-corrected chi connectivity index (χ4v) is 2.75. The SMILES string of the molecule is CN1CCOc2c1cc(Cl)cc2N1CCNCC1. The Kier molecular flexibility index (Phi) is 3.22. The van der Waals surface area contributed by atoms with E-state index < -0.39 is 0 Å². The Balaban J connectivity index is 2.02. The molecule has 0 spiro atoms. The lowest BCUT2D eigenvalue weighted by Gasteiger charge is -2.35. The number of nitrogens with one attached hydrogen (secondary N) is 1. The van der Waals surface area contributed by atoms with Gasteiger partial charge in [0.1, 0.15) is 6.61 Å². The van der Waals surface area contributed by atoms with Gasteiger partial charge in [-0.05, 0) is 12.1 Å². The van der Waals surface area contributed by atoms with Gasteiger partial charge in [0, 0.05) is 38.2 Å². The van der Waals surface area contributed by atoms with Crippen LogP contribution in [0, 0.1) is 0 Å². The van der Waals surface area contributed by atoms with Crippen molar-refractivity contribution in [3.8, 4) is 5.75 Å². The molecule has 0 saturated carbocycles. The van der Waals surface area contributed by atoms with Gasteiger partial charge in [-0.2, -0.15) is 0 Å². The molecule has 0 amide bonds. The van der Waals surface area contributed by atoms with Crippen LogP contribution < -0.4 is 19.9 Å². The zero-order valence-electron chi connectivity index (χ0n) is 10.6. The van der Waals surface area contributed by atoms with E-state index in [0.29, 0.717) is 0 Å². The summed E-state index contributed by atoms with van der Waals surface area (Å²) in [7, 11) is 2.08. The summed E-state index contributed by atoms with van der Waals surface area (Å²) in [6.45, 7) is 5.67. The molecule has 0 bridgehead atoms. The van der Waals surface area contributed by atoms with Crippen LogP contribution in [0.2, 0.25) is 5.02 Å². The van der Waals surface area contributed by atoms with Gasteiger partial charge in [0.2, 0.25) is 0 Å². The lowest BCUT2D eigenvalue weighted by atomic mass is 10.2. The van der Waals surface area contributed by atoms with Crippen molar-refractivity contribution in [2.75, 3.05) is 56.2 Å². The van der Waals surface area contributed by atoms with E-state index in [0.717, 1.165) is 61.5 Å². The molecular weight excluding hydrogens is 250 g/mol. The first-order valence-electron chi connectivity index (χ1n) is 6.39. The first-order valence-corrected chi connectivity index (χ1v) is 6.76. The Hall–Kier alpha value is -1.13. The number of anilines is 2. The lowest BCUT2D eigenvalue weighted by molar-refractivity contribution is 0.311. The predicted molar refractivity (Wildman–Crippen MR) is 75.3 cm³/mol. The van der Waals surface area contributed by atoms with Crippen molar-refractivity contribution < 1.29 is 4.74 Å². The maximum Gasteiger partial charge on any atom is 0.166 e. The third-order valence-electron chi connectivity index (χ3n) is 3.56. The van der Waals surface area contributed by atoms with Crippen LogP contribution in [-0.4, -0.2) is 46.4 Å². The summed E-state index contributed by atoms with van der Waals surface area (Å²) >= 11 is 6.24. The van der Waals surface area contributed by atoms with E-state index in [1.165, 1.54) is 0 Å². The largest absolute Gasteiger partial charge is 0.487 e. The molecule has 0 atom stereocenters. The second-order valence-corrected chi connectivity index (χ2v) is 5.22. The van der Waals surface area contributed by atoms with Gasteiger partial charge in [0.15, 0.2) is 5.75 Å². The van der Waals surface area contributed by atoms with Crippen LogP contribution >= 0.6 is 11.6 Å². The average molecular weight is 268 g/mol. The second kappa shape index (κ2) is 4.86. The lowest BCUT2D eigenvalue weighted by Crippen LogP contribution is -2.44. The van der Waals surface area contributed by atoms with Gasteiger partial charge in [-0.1, -0.05) is 11.6 Å². The standard InChI is InChI=1S/C13H18ClN3O/c1-16-6-7-18-13-11(16)8-10(14)9-12(13)17-4-2-15-3-5-17/h8-9,15H,2-7H2,1H3. The molecule has 0 radical (unpaired) electrons. The molecule has 4 nitrogen and oxygen atoms in total. The van der Waals surface area contributed by atoms with Crippen LogP contribution in [0.5, 0.6) is 5.75 Å². The Bertz CT molecular complexity index is 446. The van der Waals surface area contributed by atoms with Crippen LogP contribution in [0.4, 0.5) is 11.4 Å². The molecule has 18 heavy (non-hydrogen) atoms. The average Bonchev–Trinajstić information content (AvgIpc) is 2.40. The molecule has 0 aliphatic carbocycles. The van der Waals surface area contributed by atoms with Gasteiger partial charge < -0.3 is 19.9 Å². The molecule has 1 N–H and O–H groups in total. The van der Waals surface area contributed by atoms with Crippen molar-refractivity contribution in [3.63, 3.8) is 0 Å². The number of ether oxygens (including phenoxy) is 1. The number of hydrogen-bond acceptors (Lipinski definition) is 4. The van der Waals surface area contributed by atoms with Gasteiger partial charge in [-0.15, -0.1) is 0 Å². The fraction of sp³-hybridized carbons (Fsp3) is 0.538. The molecule has 5 heteroatoms. The molecule has 1 fully saturated rings. The van der Waals surface area contributed by atoms with E-state index in [-0.39, 0.29) is 0 Å². The number of likely N-dealkylation sites (N-methyl/N-ethyl adjacent to an activating group) is 1. The highest BCUT2D eigenvalue weighted by atomic mass is 35.5. The fourth-order valence-electron chi connectivity index (χ4n) is 2.54. The third-order valence-corrected chi connectivity index (χ3v) is 3.77. The maximum absolute atomic E-state index is 6.24. The maximum atomic E-state index is 6.24. The van der Waals surface area contributed by atoms with Crippen molar-refractivity contribution in [2.24, 2.45) is 0 Å². The number of halogens is 1. The van der Waals surface area contributed by atoms with Crippen molar-refractivity contribution in [2.45, 2.75) is 0 Å². The summed E-state index contributed by atoms with van der Waals surface area (Å²) < 4.78 is 5.87. The minimum absolute atomic E-state index is 0.740. The second-order valence-electron chi connectivity index (χ2n) is 4.78. The number of rotatable bonds is 1. The summed E-state index contributed by atoms with van der Waals surface area (Å²) in [5, 5.41) is 4.14. The summed E-state index contributed by atoms with van der Waals surface area (Å²) in [5.74, 6) is 0.982. The van der Waals surface area contributed by atoms with Crippen molar-refractivity contribution >= 4 is 23.0 Å². The molecule has 1 saturated heterocycles. The smallest absolute Gasteiger partial charge is 0.166 e. The van der Waals surface area contributed by atoms with E-state index in [1.807, 2.05) is 12.1 Å². The Morgan fingerprint density at radius 1 is 1.17 bits per heavy atom. The Morgan fingerprint density at radius 2 is 1.89 bits per heavy atom. The highest BCUT2D eigenvalue weighted by molar-refractivity contribution is 6.31. The highest BCUT2D eigenvalue weighted by Gasteiger charge is 2.23. The molecule has 2 heterocycles. The number of nitrogens with zero attached hydrogens (tertiary/aromatic N) is 2. The number of benzene rings is 1. The molecular formula is C13H18ClN3O. The molecule has 0 unspecified atom stereocenters. The van der Waals surface area contributed by atoms with Crippen LogP contribution in [-0.2, 0) is 0 Å². The third kappa shape index (κ3) is 2.10. The summed E-state index contributed by atoms with van der Waals surface area (Å²) in [5.41, 5.74) is 2.23. The molecule has 0 aromatic heterocycles. The Morgan fingerprint density at radius 3 is 2.67 bits per heavy atom. The van der Waals surface area contributed by atoms with Crippen LogP contribution in [0.15, 0.2) is 12.1 Å². The minimum atomic E-state index is 0.740. The molecule has 2 aliphatic rings. The normalized spacial score (nSPS) is 19.4. The molecule has 3 rings (SSSR count). The van der Waals surface area contributed by atoms with Crippen LogP contribution in [0.25, 0.3) is 0 Å². The van der Waals surface area contributed by atoms with E-state index in [4.69, 9.17) is 16.3 Å². The van der Waals surface area contributed by atoms with Gasteiger partial charge in [0.05, 0.1) is 17.9 Å². The zero-order chi connectivity index (χ0) is 12.5. The van der Waals surface area contributed by atoms with Gasteiger partial charge >= 0.3 is 0 Å². The Labute approximate surface area is 112 Å². The quantitative estimate of drug-likeness (QED) is 0.836. The van der Waals surface area contributed by atoms with Crippen molar-refractivity contribution in [3.05, 3.63) is 17.2 Å². The van der Waals surface area contributed by atoms with Crippen molar-refractivity contribution in [1.29, 1.82) is 0 Å². The minimum Gasteiger partial charge on any atom is -0.487 e. The first-order chi connectivity index (χ1) is 8.75. The summed E-state index contributed by atoms with van der Waals surface area (Å²) in [6.07, 6.45) is 0. The van der Waals surface area contributed by atoms with Crippen LogP contribution in [0.1, 0.15) is 0 Å².